The van der Waals surface area contributed by atoms with Crippen LogP contribution in [0.3, 0.4) is 0 Å². The summed E-state index contributed by atoms with van der Waals surface area (Å²) in [6, 6.07) is 9.26. The van der Waals surface area contributed by atoms with Crippen LogP contribution in [0, 0.1) is 5.82 Å². The number of nitrogens with one attached hydrogen (secondary N) is 1. The van der Waals surface area contributed by atoms with E-state index in [1.54, 1.807) is 35.9 Å². The van der Waals surface area contributed by atoms with E-state index in [0.717, 1.165) is 0 Å². The lowest BCUT2D eigenvalue weighted by molar-refractivity contribution is 0.0913. The molecule has 136 valence electrons. The molecule has 0 radical (unpaired) electrons. The highest BCUT2D eigenvalue weighted by Crippen LogP contribution is 2.20. The number of thioether (sulfide) groups is 1. The minimum atomic E-state index is -0.369. The molecule has 2 aromatic heterocycles. The molecular formula is C17H17FN4O3S. The van der Waals surface area contributed by atoms with Gasteiger partial charge in [0.1, 0.15) is 18.2 Å². The molecule has 0 saturated heterocycles. The van der Waals surface area contributed by atoms with Gasteiger partial charge in [-0.25, -0.2) is 4.39 Å². The van der Waals surface area contributed by atoms with E-state index >= 15 is 0 Å². The molecule has 0 aliphatic rings. The molecule has 2 heterocycles. The van der Waals surface area contributed by atoms with Crippen LogP contribution in [0.15, 0.2) is 46.0 Å². The summed E-state index contributed by atoms with van der Waals surface area (Å²) in [5.74, 6) is 0.587. The topological polar surface area (TPSA) is 82.2 Å². The Hall–Kier alpha value is -2.65. The summed E-state index contributed by atoms with van der Waals surface area (Å²) in [4.78, 5) is 12.2. The number of carbonyl (C=O) groups excluding carboxylic acids is 1. The Balaban J connectivity index is 1.76. The number of methoxy groups -OCH3 is 1. The molecule has 3 aromatic rings. The third kappa shape index (κ3) is 3.94. The Morgan fingerprint density at radius 1 is 1.27 bits per heavy atom. The minimum absolute atomic E-state index is 0.143. The van der Waals surface area contributed by atoms with Crippen molar-refractivity contribution >= 4 is 17.7 Å². The number of hydrogen-bond donors (Lipinski definition) is 1. The van der Waals surface area contributed by atoms with Crippen LogP contribution >= 0.6 is 11.8 Å². The average molecular weight is 376 g/mol. The molecule has 0 fully saturated rings. The van der Waals surface area contributed by atoms with Crippen LogP contribution in [-0.2, 0) is 17.9 Å². The normalized spacial score (nSPS) is 10.9. The van der Waals surface area contributed by atoms with Gasteiger partial charge in [0.25, 0.3) is 5.91 Å². The van der Waals surface area contributed by atoms with Crippen molar-refractivity contribution in [2.75, 3.05) is 13.4 Å². The number of halogens is 1. The van der Waals surface area contributed by atoms with Crippen LogP contribution in [0.1, 0.15) is 22.1 Å². The van der Waals surface area contributed by atoms with Gasteiger partial charge in [-0.3, -0.25) is 9.36 Å². The van der Waals surface area contributed by atoms with Gasteiger partial charge in [-0.15, -0.1) is 10.2 Å². The zero-order chi connectivity index (χ0) is 18.5. The third-order valence-electron chi connectivity index (χ3n) is 3.55. The monoisotopic (exact) mass is 376 g/mol. The SMILES string of the molecule is COCc1ccc(C(=O)NCc2nnc(SC)n2-c2ccc(F)cc2)o1. The average Bonchev–Trinajstić information content (AvgIpc) is 3.27. The summed E-state index contributed by atoms with van der Waals surface area (Å²) in [5.41, 5.74) is 0.713. The van der Waals surface area contributed by atoms with E-state index in [-0.39, 0.29) is 24.0 Å². The fraction of sp³-hybridized carbons (Fsp3) is 0.235. The van der Waals surface area contributed by atoms with Crippen LogP contribution in [0.4, 0.5) is 4.39 Å². The van der Waals surface area contributed by atoms with E-state index < -0.39 is 0 Å². The first-order valence-electron chi connectivity index (χ1n) is 7.72. The van der Waals surface area contributed by atoms with Crippen molar-refractivity contribution in [2.24, 2.45) is 0 Å². The molecule has 0 saturated carbocycles. The predicted octanol–water partition coefficient (Wildman–Crippen LogP) is 2.80. The standard InChI is InChI=1S/C17H17FN4O3S/c1-24-10-13-7-8-14(25-13)16(23)19-9-15-20-21-17(26-2)22(15)12-5-3-11(18)4-6-12/h3-8H,9-10H2,1-2H3,(H,19,23). The van der Waals surface area contributed by atoms with Gasteiger partial charge < -0.3 is 14.5 Å². The van der Waals surface area contributed by atoms with Crippen LogP contribution in [0.5, 0.6) is 0 Å². The van der Waals surface area contributed by atoms with E-state index in [4.69, 9.17) is 9.15 Å². The lowest BCUT2D eigenvalue weighted by Crippen LogP contribution is -2.24. The quantitative estimate of drug-likeness (QED) is 0.639. The largest absolute Gasteiger partial charge is 0.453 e. The number of furan rings is 1. The fourth-order valence-corrected chi connectivity index (χ4v) is 2.88. The Bertz CT molecular complexity index is 892. The Kier molecular flexibility index (Phi) is 5.69. The molecule has 26 heavy (non-hydrogen) atoms. The van der Waals surface area contributed by atoms with Crippen molar-refractivity contribution in [3.8, 4) is 5.69 Å². The van der Waals surface area contributed by atoms with Crippen molar-refractivity contribution in [1.29, 1.82) is 0 Å². The maximum absolute atomic E-state index is 13.2. The van der Waals surface area contributed by atoms with Crippen molar-refractivity contribution < 1.29 is 18.3 Å². The molecule has 0 unspecified atom stereocenters. The second kappa shape index (κ2) is 8.15. The first-order chi connectivity index (χ1) is 12.6. The van der Waals surface area contributed by atoms with Crippen LogP contribution in [-0.4, -0.2) is 34.0 Å². The number of ether oxygens (including phenoxy) is 1. The number of aromatic nitrogens is 3. The number of nitrogens with zero attached hydrogens (tertiary/aromatic N) is 3. The molecule has 1 amide bonds. The van der Waals surface area contributed by atoms with Crippen LogP contribution in [0.2, 0.25) is 0 Å². The maximum atomic E-state index is 13.2. The van der Waals surface area contributed by atoms with Crippen molar-refractivity contribution in [3.05, 3.63) is 59.6 Å². The highest BCUT2D eigenvalue weighted by atomic mass is 32.2. The van der Waals surface area contributed by atoms with Gasteiger partial charge in [0.15, 0.2) is 16.7 Å². The smallest absolute Gasteiger partial charge is 0.287 e. The zero-order valence-electron chi connectivity index (χ0n) is 14.2. The number of carbonyl (C=O) groups is 1. The van der Waals surface area contributed by atoms with Crippen molar-refractivity contribution in [3.63, 3.8) is 0 Å². The summed E-state index contributed by atoms with van der Waals surface area (Å²) in [6.07, 6.45) is 1.87. The Labute approximate surface area is 153 Å². The molecule has 3 rings (SSSR count). The van der Waals surface area contributed by atoms with E-state index in [9.17, 15) is 9.18 Å². The summed E-state index contributed by atoms with van der Waals surface area (Å²) in [6.45, 7) is 0.438. The lowest BCUT2D eigenvalue weighted by Gasteiger charge is -2.09. The lowest BCUT2D eigenvalue weighted by atomic mass is 10.3. The highest BCUT2D eigenvalue weighted by Gasteiger charge is 2.16. The second-order valence-electron chi connectivity index (χ2n) is 5.30. The molecule has 1 aromatic carbocycles. The predicted molar refractivity (Wildman–Crippen MR) is 93.7 cm³/mol. The van der Waals surface area contributed by atoms with Gasteiger partial charge in [0, 0.05) is 12.8 Å². The molecule has 0 bridgehead atoms. The molecule has 0 atom stereocenters. The fourth-order valence-electron chi connectivity index (χ4n) is 2.36. The summed E-state index contributed by atoms with van der Waals surface area (Å²) in [5, 5.41) is 11.6. The summed E-state index contributed by atoms with van der Waals surface area (Å²) in [7, 11) is 1.55. The second-order valence-corrected chi connectivity index (χ2v) is 6.07. The molecule has 0 aliphatic heterocycles. The Morgan fingerprint density at radius 3 is 2.73 bits per heavy atom. The van der Waals surface area contributed by atoms with E-state index in [1.165, 1.54) is 23.9 Å². The molecule has 0 aliphatic carbocycles. The first-order valence-corrected chi connectivity index (χ1v) is 8.95. The van der Waals surface area contributed by atoms with Gasteiger partial charge in [0.05, 0.1) is 6.54 Å². The van der Waals surface area contributed by atoms with E-state index in [1.807, 2.05) is 6.26 Å². The minimum Gasteiger partial charge on any atom is -0.453 e. The number of hydrogen-bond acceptors (Lipinski definition) is 6. The molecule has 7 nitrogen and oxygen atoms in total. The maximum Gasteiger partial charge on any atom is 0.287 e. The Morgan fingerprint density at radius 2 is 2.04 bits per heavy atom. The van der Waals surface area contributed by atoms with Gasteiger partial charge >= 0.3 is 0 Å². The third-order valence-corrected chi connectivity index (χ3v) is 4.18. The zero-order valence-corrected chi connectivity index (χ0v) is 15.0. The van der Waals surface area contributed by atoms with Gasteiger partial charge in [-0.1, -0.05) is 11.8 Å². The van der Waals surface area contributed by atoms with Gasteiger partial charge in [-0.05, 0) is 42.7 Å². The number of benzene rings is 1. The molecular weight excluding hydrogens is 359 g/mol. The number of rotatable bonds is 7. The van der Waals surface area contributed by atoms with Gasteiger partial charge in [0.2, 0.25) is 0 Å². The number of amides is 1. The highest BCUT2D eigenvalue weighted by molar-refractivity contribution is 7.98. The van der Waals surface area contributed by atoms with E-state index in [0.29, 0.717) is 29.0 Å². The first kappa shape index (κ1) is 18.2. The van der Waals surface area contributed by atoms with E-state index in [2.05, 4.69) is 15.5 Å². The van der Waals surface area contributed by atoms with Crippen molar-refractivity contribution in [1.82, 2.24) is 20.1 Å². The van der Waals surface area contributed by atoms with Gasteiger partial charge in [-0.2, -0.15) is 0 Å². The van der Waals surface area contributed by atoms with Crippen LogP contribution in [0.25, 0.3) is 5.69 Å². The van der Waals surface area contributed by atoms with Crippen molar-refractivity contribution in [2.45, 2.75) is 18.3 Å². The molecule has 1 N–H and O–H groups in total. The summed E-state index contributed by atoms with van der Waals surface area (Å²) < 4.78 is 25.3. The summed E-state index contributed by atoms with van der Waals surface area (Å²) >= 11 is 1.41. The van der Waals surface area contributed by atoms with Crippen LogP contribution < -0.4 is 5.32 Å². The molecule has 0 spiro atoms. The molecule has 9 heteroatoms.